The molecule has 1 fully saturated rings. The van der Waals surface area contributed by atoms with Crippen molar-refractivity contribution >= 4 is 23.2 Å². The highest BCUT2D eigenvalue weighted by Crippen LogP contribution is 2.43. The summed E-state index contributed by atoms with van der Waals surface area (Å²) in [5, 5.41) is 7.38. The predicted octanol–water partition coefficient (Wildman–Crippen LogP) is 2.11. The van der Waals surface area contributed by atoms with Crippen molar-refractivity contribution in [3.05, 3.63) is 70.2 Å². The molecular formula is C23H25ClN3O2+. The highest BCUT2D eigenvalue weighted by molar-refractivity contribution is 6.30. The molecule has 2 atom stereocenters. The Hall–Kier alpha value is -2.21. The second-order valence-corrected chi connectivity index (χ2v) is 8.50. The fraction of sp³-hybridized carbons (Fsp3) is 0.391. The number of nitrogens with one attached hydrogen (secondary N) is 1. The van der Waals surface area contributed by atoms with E-state index in [0.29, 0.717) is 24.8 Å². The van der Waals surface area contributed by atoms with E-state index in [1.54, 1.807) is 5.01 Å². The van der Waals surface area contributed by atoms with Gasteiger partial charge in [0.25, 0.3) is 5.91 Å². The number of fused-ring (bicyclic) bond motifs is 3. The highest BCUT2D eigenvalue weighted by Gasteiger charge is 2.44. The third kappa shape index (κ3) is 3.59. The molecule has 2 aromatic rings. The van der Waals surface area contributed by atoms with Gasteiger partial charge in [0.1, 0.15) is 13.1 Å². The molecule has 3 aliphatic rings. The number of rotatable bonds is 3. The highest BCUT2D eigenvalue weighted by atomic mass is 35.5. The molecule has 5 rings (SSSR count). The van der Waals surface area contributed by atoms with E-state index in [1.165, 1.54) is 16.0 Å². The first-order chi connectivity index (χ1) is 14.2. The lowest BCUT2D eigenvalue weighted by atomic mass is 9.77. The number of hydrazone groups is 1. The Morgan fingerprint density at radius 1 is 1.14 bits per heavy atom. The molecule has 0 bridgehead atoms. The number of benzene rings is 2. The molecule has 1 saturated heterocycles. The second-order valence-electron chi connectivity index (χ2n) is 8.06. The molecule has 2 aromatic carbocycles. The van der Waals surface area contributed by atoms with Crippen LogP contribution >= 0.6 is 11.6 Å². The number of hydrogen-bond donors (Lipinski definition) is 1. The van der Waals surface area contributed by atoms with Gasteiger partial charge in [-0.2, -0.15) is 5.10 Å². The lowest BCUT2D eigenvalue weighted by Gasteiger charge is -2.30. The third-order valence-corrected chi connectivity index (χ3v) is 6.55. The number of nitrogens with zero attached hydrogens (tertiary/aromatic N) is 2. The summed E-state index contributed by atoms with van der Waals surface area (Å²) in [5.74, 6) is 0.302. The lowest BCUT2D eigenvalue weighted by molar-refractivity contribution is -0.900. The van der Waals surface area contributed by atoms with E-state index < -0.39 is 0 Å². The largest absolute Gasteiger partial charge is 0.370 e. The Labute approximate surface area is 175 Å². The quantitative estimate of drug-likeness (QED) is 0.842. The average Bonchev–Trinajstić information content (AvgIpc) is 3.15. The van der Waals surface area contributed by atoms with E-state index in [2.05, 4.69) is 24.3 Å². The summed E-state index contributed by atoms with van der Waals surface area (Å²) < 4.78 is 5.44. The smallest absolute Gasteiger partial charge is 0.298 e. The lowest BCUT2D eigenvalue weighted by Crippen LogP contribution is -3.15. The SMILES string of the molecule is O=C(C[NH+]1CCOCC1)N1N=C2c3ccccc3CC[C@H]2[C@@H]1c1ccc(Cl)cc1. The summed E-state index contributed by atoms with van der Waals surface area (Å²) in [6.07, 6.45) is 2.01. The maximum absolute atomic E-state index is 13.4. The molecule has 0 unspecified atom stereocenters. The minimum Gasteiger partial charge on any atom is -0.370 e. The summed E-state index contributed by atoms with van der Waals surface area (Å²) in [7, 11) is 0. The van der Waals surface area contributed by atoms with Crippen LogP contribution in [0.15, 0.2) is 53.6 Å². The van der Waals surface area contributed by atoms with Gasteiger partial charge >= 0.3 is 0 Å². The number of aryl methyl sites for hydroxylation is 1. The van der Waals surface area contributed by atoms with Crippen molar-refractivity contribution in [2.45, 2.75) is 18.9 Å². The molecule has 0 radical (unpaired) electrons. The fourth-order valence-corrected chi connectivity index (χ4v) is 4.92. The minimum atomic E-state index is -0.0661. The second kappa shape index (κ2) is 7.90. The number of carbonyl (C=O) groups is 1. The van der Waals surface area contributed by atoms with Crippen molar-refractivity contribution in [2.24, 2.45) is 11.0 Å². The van der Waals surface area contributed by atoms with Crippen molar-refractivity contribution in [2.75, 3.05) is 32.8 Å². The van der Waals surface area contributed by atoms with E-state index in [0.717, 1.165) is 37.2 Å². The van der Waals surface area contributed by atoms with Crippen LogP contribution in [0.5, 0.6) is 0 Å². The molecule has 150 valence electrons. The Morgan fingerprint density at radius 2 is 1.90 bits per heavy atom. The van der Waals surface area contributed by atoms with Crippen LogP contribution in [0.1, 0.15) is 29.2 Å². The van der Waals surface area contributed by atoms with Gasteiger partial charge in [-0.1, -0.05) is 48.0 Å². The predicted molar refractivity (Wildman–Crippen MR) is 112 cm³/mol. The number of morpholine rings is 1. The van der Waals surface area contributed by atoms with E-state index in [1.807, 2.05) is 24.3 Å². The molecule has 2 heterocycles. The molecule has 0 saturated carbocycles. The number of hydrogen-bond acceptors (Lipinski definition) is 3. The monoisotopic (exact) mass is 410 g/mol. The Bertz CT molecular complexity index is 937. The normalized spacial score (nSPS) is 24.0. The van der Waals surface area contributed by atoms with Gasteiger partial charge in [-0.05, 0) is 36.1 Å². The Balaban J connectivity index is 1.50. The molecular weight excluding hydrogens is 386 g/mol. The first-order valence-electron chi connectivity index (χ1n) is 10.4. The van der Waals surface area contributed by atoms with Crippen LogP contribution in [0, 0.1) is 5.92 Å². The summed E-state index contributed by atoms with van der Waals surface area (Å²) in [6, 6.07) is 16.3. The van der Waals surface area contributed by atoms with Gasteiger partial charge in [0.15, 0.2) is 6.54 Å². The minimum absolute atomic E-state index is 0.0661. The summed E-state index contributed by atoms with van der Waals surface area (Å²) >= 11 is 6.13. The van der Waals surface area contributed by atoms with Crippen LogP contribution in [-0.2, 0) is 16.0 Å². The molecule has 0 spiro atoms. The van der Waals surface area contributed by atoms with E-state index >= 15 is 0 Å². The zero-order chi connectivity index (χ0) is 19.8. The topological polar surface area (TPSA) is 46.3 Å². The van der Waals surface area contributed by atoms with Gasteiger partial charge in [0.2, 0.25) is 0 Å². The number of amides is 1. The number of quaternary nitrogens is 1. The van der Waals surface area contributed by atoms with Crippen LogP contribution < -0.4 is 4.90 Å². The molecule has 1 N–H and O–H groups in total. The zero-order valence-corrected chi connectivity index (χ0v) is 17.1. The van der Waals surface area contributed by atoms with Crippen molar-refractivity contribution in [3.8, 4) is 0 Å². The standard InChI is InChI=1S/C23H24ClN3O2/c24-18-8-5-17(6-9-18)23-20-10-7-16-3-1-2-4-19(16)22(20)25-27(23)21(28)15-26-11-13-29-14-12-26/h1-6,8-9,20,23H,7,10-15H2/p+1/t20-,23+/m1/s1. The molecule has 1 aliphatic carbocycles. The van der Waals surface area contributed by atoms with Crippen LogP contribution in [0.25, 0.3) is 0 Å². The van der Waals surface area contributed by atoms with Crippen molar-refractivity contribution in [1.29, 1.82) is 0 Å². The summed E-state index contributed by atoms with van der Waals surface area (Å²) in [5.41, 5.74) is 4.67. The Morgan fingerprint density at radius 3 is 2.69 bits per heavy atom. The van der Waals surface area contributed by atoms with Gasteiger partial charge in [-0.3, -0.25) is 4.79 Å². The van der Waals surface area contributed by atoms with Crippen LogP contribution in [0.3, 0.4) is 0 Å². The first-order valence-corrected chi connectivity index (χ1v) is 10.7. The maximum Gasteiger partial charge on any atom is 0.298 e. The van der Waals surface area contributed by atoms with Gasteiger partial charge in [0.05, 0.1) is 25.0 Å². The first kappa shape index (κ1) is 18.8. The average molecular weight is 411 g/mol. The molecule has 0 aromatic heterocycles. The van der Waals surface area contributed by atoms with Gasteiger partial charge in [-0.15, -0.1) is 0 Å². The van der Waals surface area contributed by atoms with Crippen molar-refractivity contribution in [3.63, 3.8) is 0 Å². The van der Waals surface area contributed by atoms with Gasteiger partial charge < -0.3 is 9.64 Å². The number of carbonyl (C=O) groups excluding carboxylic acids is 1. The molecule has 29 heavy (non-hydrogen) atoms. The van der Waals surface area contributed by atoms with Crippen LogP contribution in [-0.4, -0.2) is 49.5 Å². The fourth-order valence-electron chi connectivity index (χ4n) is 4.80. The van der Waals surface area contributed by atoms with Crippen molar-refractivity contribution in [1.82, 2.24) is 5.01 Å². The van der Waals surface area contributed by atoms with Gasteiger partial charge in [-0.25, -0.2) is 5.01 Å². The van der Waals surface area contributed by atoms with Crippen LogP contribution in [0.2, 0.25) is 5.02 Å². The molecule has 2 aliphatic heterocycles. The number of ether oxygens (including phenoxy) is 1. The zero-order valence-electron chi connectivity index (χ0n) is 16.3. The Kier molecular flexibility index (Phi) is 5.12. The number of halogens is 1. The molecule has 6 heteroatoms. The maximum atomic E-state index is 13.4. The summed E-state index contributed by atoms with van der Waals surface area (Å²) in [6.45, 7) is 3.63. The third-order valence-electron chi connectivity index (χ3n) is 6.30. The van der Waals surface area contributed by atoms with Crippen LogP contribution in [0.4, 0.5) is 0 Å². The van der Waals surface area contributed by atoms with E-state index in [4.69, 9.17) is 21.4 Å². The van der Waals surface area contributed by atoms with Crippen molar-refractivity contribution < 1.29 is 14.4 Å². The van der Waals surface area contributed by atoms with E-state index in [-0.39, 0.29) is 17.9 Å². The molecule has 5 nitrogen and oxygen atoms in total. The summed E-state index contributed by atoms with van der Waals surface area (Å²) in [4.78, 5) is 14.6. The van der Waals surface area contributed by atoms with E-state index in [9.17, 15) is 4.79 Å². The molecule has 1 amide bonds. The van der Waals surface area contributed by atoms with Gasteiger partial charge in [0, 0.05) is 16.5 Å².